The minimum Gasteiger partial charge on any atom is -0.487 e. The molecule has 2 aromatic carbocycles. The van der Waals surface area contributed by atoms with Gasteiger partial charge in [-0.05, 0) is 91.6 Å². The number of ether oxygens (including phenoxy) is 2. The molecule has 0 saturated heterocycles. The van der Waals surface area contributed by atoms with Crippen LogP contribution in [0.4, 0.5) is 13.2 Å². The first kappa shape index (κ1) is 26.9. The Balaban J connectivity index is 1.25. The van der Waals surface area contributed by atoms with E-state index in [1.165, 1.54) is 35.6 Å². The number of halogens is 3. The van der Waals surface area contributed by atoms with Crippen LogP contribution in [0, 0.1) is 17.3 Å². The number of amides is 1. The molecule has 4 aliphatic rings. The second-order valence-electron chi connectivity index (χ2n) is 11.5. The third-order valence-electron chi connectivity index (χ3n) is 8.58. The van der Waals surface area contributed by atoms with Gasteiger partial charge in [0.2, 0.25) is 0 Å². The standard InChI is InChI=1S/C29H28F3NO6S/c30-29(31,32)39-19-3-1-16(2-4-19)14-38-23-20-7-8-40-22(20)6-5-21(23)25(34)33-24(26(35)36)27-10-17-9-18(11-27)13-28(37,12-17)15-27/h1-8,17-18,24,37H,9-15H2,(H,33,34)(H,35,36)/t17?,18?,24-,27?,28?/m1/s1. The lowest BCUT2D eigenvalue weighted by molar-refractivity contribution is -0.274. The van der Waals surface area contributed by atoms with Crippen molar-refractivity contribution in [2.75, 3.05) is 0 Å². The average molecular weight is 576 g/mol. The molecule has 0 aliphatic heterocycles. The van der Waals surface area contributed by atoms with E-state index in [-0.39, 0.29) is 35.5 Å². The van der Waals surface area contributed by atoms with E-state index in [1.54, 1.807) is 18.2 Å². The minimum atomic E-state index is -4.80. The smallest absolute Gasteiger partial charge is 0.487 e. The molecule has 3 atom stereocenters. The molecule has 7 rings (SSSR count). The second kappa shape index (κ2) is 9.66. The molecule has 4 saturated carbocycles. The Morgan fingerprint density at radius 3 is 2.38 bits per heavy atom. The minimum absolute atomic E-state index is 0.0375. The molecule has 1 aromatic heterocycles. The zero-order chi connectivity index (χ0) is 28.3. The predicted molar refractivity (Wildman–Crippen MR) is 140 cm³/mol. The van der Waals surface area contributed by atoms with Crippen LogP contribution in [0.1, 0.15) is 54.4 Å². The molecular weight excluding hydrogens is 547 g/mol. The van der Waals surface area contributed by atoms with E-state index in [4.69, 9.17) is 4.74 Å². The molecule has 2 unspecified atom stereocenters. The molecule has 4 bridgehead atoms. The predicted octanol–water partition coefficient (Wildman–Crippen LogP) is 5.89. The summed E-state index contributed by atoms with van der Waals surface area (Å²) in [5.41, 5.74) is -0.878. The molecule has 4 fully saturated rings. The monoisotopic (exact) mass is 575 g/mol. The van der Waals surface area contributed by atoms with Crippen LogP contribution in [-0.4, -0.2) is 40.1 Å². The Morgan fingerprint density at radius 2 is 1.75 bits per heavy atom. The number of aliphatic carboxylic acids is 1. The van der Waals surface area contributed by atoms with Gasteiger partial charge in [0.15, 0.2) is 0 Å². The van der Waals surface area contributed by atoms with Gasteiger partial charge in [0.25, 0.3) is 5.91 Å². The van der Waals surface area contributed by atoms with Gasteiger partial charge in [-0.3, -0.25) is 4.79 Å². The highest BCUT2D eigenvalue weighted by atomic mass is 32.1. The maximum Gasteiger partial charge on any atom is 0.573 e. The van der Waals surface area contributed by atoms with Crippen molar-refractivity contribution in [3.05, 3.63) is 59.0 Å². The molecule has 0 spiro atoms. The van der Waals surface area contributed by atoms with E-state index in [2.05, 4.69) is 10.1 Å². The maximum absolute atomic E-state index is 13.7. The van der Waals surface area contributed by atoms with Crippen LogP contribution in [0.25, 0.3) is 10.1 Å². The number of thiophene rings is 1. The first-order valence-electron chi connectivity index (χ1n) is 13.2. The van der Waals surface area contributed by atoms with Crippen molar-refractivity contribution in [2.45, 2.75) is 63.1 Å². The number of carboxylic acids is 1. The molecule has 11 heteroatoms. The SMILES string of the molecule is O=C(N[C@H](C(=O)O)C12CC3CC(CC(O)(C3)C1)C2)c1ccc2sccc2c1OCc1ccc(OC(F)(F)F)cc1. The normalized spacial score (nSPS) is 27.9. The summed E-state index contributed by atoms with van der Waals surface area (Å²) in [6.45, 7) is -0.0375. The Hall–Kier alpha value is -3.31. The maximum atomic E-state index is 13.7. The van der Waals surface area contributed by atoms with E-state index in [0.29, 0.717) is 43.1 Å². The zero-order valence-corrected chi connectivity index (χ0v) is 22.2. The van der Waals surface area contributed by atoms with Crippen molar-refractivity contribution in [2.24, 2.45) is 17.3 Å². The molecule has 4 aliphatic carbocycles. The number of aliphatic hydroxyl groups is 1. The third kappa shape index (κ3) is 5.12. The summed E-state index contributed by atoms with van der Waals surface area (Å²) < 4.78 is 48.3. The number of fused-ring (bicyclic) bond motifs is 1. The number of carboxylic acid groups (broad SMARTS) is 1. The van der Waals surface area contributed by atoms with E-state index < -0.39 is 35.3 Å². The number of benzene rings is 2. The van der Waals surface area contributed by atoms with Crippen molar-refractivity contribution in [3.63, 3.8) is 0 Å². The fourth-order valence-corrected chi connectivity index (χ4v) is 8.39. The van der Waals surface area contributed by atoms with E-state index in [1.807, 2.05) is 5.38 Å². The number of hydrogen-bond donors (Lipinski definition) is 3. The van der Waals surface area contributed by atoms with Crippen molar-refractivity contribution >= 4 is 33.3 Å². The molecule has 40 heavy (non-hydrogen) atoms. The summed E-state index contributed by atoms with van der Waals surface area (Å²) in [5.74, 6) is -1.31. The third-order valence-corrected chi connectivity index (χ3v) is 9.46. The lowest BCUT2D eigenvalue weighted by Gasteiger charge is -2.61. The fraction of sp³-hybridized carbons (Fsp3) is 0.448. The second-order valence-corrected chi connectivity index (χ2v) is 12.5. The highest BCUT2D eigenvalue weighted by molar-refractivity contribution is 7.17. The number of rotatable bonds is 8. The molecule has 0 radical (unpaired) electrons. The zero-order valence-electron chi connectivity index (χ0n) is 21.4. The van der Waals surface area contributed by atoms with Crippen LogP contribution >= 0.6 is 11.3 Å². The molecular formula is C29H28F3NO6S. The van der Waals surface area contributed by atoms with Crippen molar-refractivity contribution in [3.8, 4) is 11.5 Å². The average Bonchev–Trinajstić information content (AvgIpc) is 3.33. The topological polar surface area (TPSA) is 105 Å². The Kier molecular flexibility index (Phi) is 6.49. The number of nitrogens with one attached hydrogen (secondary N) is 1. The van der Waals surface area contributed by atoms with Gasteiger partial charge in [-0.2, -0.15) is 0 Å². The number of alkyl halides is 3. The summed E-state index contributed by atoms with van der Waals surface area (Å²) in [7, 11) is 0. The first-order chi connectivity index (χ1) is 18.9. The lowest BCUT2D eigenvalue weighted by Crippen LogP contribution is -2.64. The molecule has 212 valence electrons. The molecule has 3 aromatic rings. The Bertz CT molecular complexity index is 1440. The van der Waals surface area contributed by atoms with Gasteiger partial charge in [0.05, 0.1) is 11.2 Å². The Morgan fingerprint density at radius 1 is 1.05 bits per heavy atom. The van der Waals surface area contributed by atoms with E-state index in [0.717, 1.165) is 11.1 Å². The van der Waals surface area contributed by atoms with Crippen LogP contribution in [0.5, 0.6) is 11.5 Å². The van der Waals surface area contributed by atoms with Crippen LogP contribution in [0.2, 0.25) is 0 Å². The summed E-state index contributed by atoms with van der Waals surface area (Å²) in [6, 6.07) is 9.24. The summed E-state index contributed by atoms with van der Waals surface area (Å²) in [6.07, 6.45) is -0.778. The molecule has 1 amide bonds. The van der Waals surface area contributed by atoms with Gasteiger partial charge in [-0.15, -0.1) is 24.5 Å². The van der Waals surface area contributed by atoms with Gasteiger partial charge in [0, 0.05) is 15.5 Å². The van der Waals surface area contributed by atoms with E-state index in [9.17, 15) is 33.0 Å². The summed E-state index contributed by atoms with van der Waals surface area (Å²) in [5, 5.41) is 26.7. The van der Waals surface area contributed by atoms with Gasteiger partial charge in [0.1, 0.15) is 24.1 Å². The largest absolute Gasteiger partial charge is 0.573 e. The first-order valence-corrected chi connectivity index (χ1v) is 14.0. The van der Waals surface area contributed by atoms with Crippen LogP contribution < -0.4 is 14.8 Å². The van der Waals surface area contributed by atoms with Gasteiger partial charge in [-0.1, -0.05) is 12.1 Å². The van der Waals surface area contributed by atoms with E-state index >= 15 is 0 Å². The van der Waals surface area contributed by atoms with Crippen LogP contribution in [0.15, 0.2) is 47.8 Å². The van der Waals surface area contributed by atoms with Gasteiger partial charge < -0.3 is 25.0 Å². The molecule has 1 heterocycles. The van der Waals surface area contributed by atoms with Gasteiger partial charge >= 0.3 is 12.3 Å². The van der Waals surface area contributed by atoms with Gasteiger partial charge in [-0.25, -0.2) is 4.79 Å². The van der Waals surface area contributed by atoms with Crippen LogP contribution in [-0.2, 0) is 11.4 Å². The Labute approximate surface area is 231 Å². The van der Waals surface area contributed by atoms with Crippen molar-refractivity contribution in [1.82, 2.24) is 5.32 Å². The highest BCUT2D eigenvalue weighted by Gasteiger charge is 2.61. The lowest BCUT2D eigenvalue weighted by atomic mass is 9.46. The van der Waals surface area contributed by atoms with Crippen LogP contribution in [0.3, 0.4) is 0 Å². The van der Waals surface area contributed by atoms with Crippen molar-refractivity contribution < 1.29 is 42.4 Å². The molecule has 7 nitrogen and oxygen atoms in total. The quantitative estimate of drug-likeness (QED) is 0.309. The van der Waals surface area contributed by atoms with Crippen molar-refractivity contribution in [1.29, 1.82) is 0 Å². The highest BCUT2D eigenvalue weighted by Crippen LogP contribution is 2.62. The summed E-state index contributed by atoms with van der Waals surface area (Å²) in [4.78, 5) is 26.2. The molecule has 3 N–H and O–H groups in total. The summed E-state index contributed by atoms with van der Waals surface area (Å²) >= 11 is 1.45. The number of carbonyl (C=O) groups is 2. The fourth-order valence-electron chi connectivity index (χ4n) is 7.60. The number of hydrogen-bond acceptors (Lipinski definition) is 6. The number of carbonyl (C=O) groups excluding carboxylic acids is 1.